The lowest BCUT2D eigenvalue weighted by Gasteiger charge is -2.12. The molecule has 0 unspecified atom stereocenters. The van der Waals surface area contributed by atoms with Gasteiger partial charge in [-0.05, 0) is 34.3 Å². The van der Waals surface area contributed by atoms with Gasteiger partial charge >= 0.3 is 0 Å². The average Bonchev–Trinajstić information content (AvgIpc) is 3.55. The quantitative estimate of drug-likeness (QED) is 0.206. The summed E-state index contributed by atoms with van der Waals surface area (Å²) in [6, 6.07) is 35.4. The molecule has 0 saturated heterocycles. The van der Waals surface area contributed by atoms with Gasteiger partial charge in [-0.3, -0.25) is 0 Å². The monoisotopic (exact) mass is 573 g/mol. The zero-order valence-electron chi connectivity index (χ0n) is 28.7. The second-order valence-electron chi connectivity index (χ2n) is 9.96. The largest absolute Gasteiger partial charge is 0.208 e. The predicted molar refractivity (Wildman–Crippen MR) is 180 cm³/mol. The molecule has 0 amide bonds. The van der Waals surface area contributed by atoms with Crippen LogP contribution in [0.4, 0.5) is 0 Å². The first-order chi connectivity index (χ1) is 23.8. The molecule has 202 valence electrons. The molecule has 0 saturated carbocycles. The second-order valence-corrected chi connectivity index (χ2v) is 11.0. The van der Waals surface area contributed by atoms with Crippen molar-refractivity contribution in [2.75, 3.05) is 0 Å². The van der Waals surface area contributed by atoms with Gasteiger partial charge in [-0.2, -0.15) is 0 Å². The lowest BCUT2D eigenvalue weighted by atomic mass is 9.99. The van der Waals surface area contributed by atoms with Gasteiger partial charge in [0.2, 0.25) is 0 Å². The summed E-state index contributed by atoms with van der Waals surface area (Å²) in [7, 11) is 0. The van der Waals surface area contributed by atoms with E-state index in [4.69, 9.17) is 19.1 Å². The molecule has 0 spiro atoms. The van der Waals surface area contributed by atoms with Crippen LogP contribution < -0.4 is 0 Å². The van der Waals surface area contributed by atoms with Gasteiger partial charge in [0.15, 0.2) is 17.5 Å². The molecule has 0 radical (unpaired) electrons. The first kappa shape index (κ1) is 19.6. The highest BCUT2D eigenvalue weighted by Gasteiger charge is 2.17. The van der Waals surface area contributed by atoms with E-state index in [2.05, 4.69) is 0 Å². The molecule has 2 heterocycles. The Morgan fingerprint density at radius 2 is 1.00 bits per heavy atom. The maximum Gasteiger partial charge on any atom is 0.164 e. The summed E-state index contributed by atoms with van der Waals surface area (Å²) in [5, 5.41) is 0.750. The van der Waals surface area contributed by atoms with E-state index in [1.54, 1.807) is 0 Å². The van der Waals surface area contributed by atoms with Crippen molar-refractivity contribution in [3.05, 3.63) is 152 Å². The van der Waals surface area contributed by atoms with Gasteiger partial charge in [0.1, 0.15) is 0 Å². The lowest BCUT2D eigenvalue weighted by Crippen LogP contribution is -2.01. The number of rotatable bonds is 5. The fourth-order valence-corrected chi connectivity index (χ4v) is 6.27. The van der Waals surface area contributed by atoms with Gasteiger partial charge in [-0.1, -0.05) is 139 Å². The van der Waals surface area contributed by atoms with E-state index >= 15 is 0 Å². The summed E-state index contributed by atoms with van der Waals surface area (Å²) >= 11 is 1.13. The highest BCUT2D eigenvalue weighted by Crippen LogP contribution is 2.41. The van der Waals surface area contributed by atoms with Crippen molar-refractivity contribution in [1.82, 2.24) is 15.0 Å². The van der Waals surface area contributed by atoms with Crippen molar-refractivity contribution in [1.29, 1.82) is 0 Å². The minimum absolute atomic E-state index is 0.0545. The predicted octanol–water partition coefficient (Wildman–Crippen LogP) is 10.6. The summed E-state index contributed by atoms with van der Waals surface area (Å²) in [5.41, 5.74) is 4.52. The van der Waals surface area contributed by atoms with Crippen LogP contribution in [0.25, 0.3) is 76.6 Å². The van der Waals surface area contributed by atoms with Crippen LogP contribution in [0.1, 0.15) is 8.22 Å². The summed E-state index contributed by atoms with van der Waals surface area (Å²) in [4.78, 5) is 14.6. The van der Waals surface area contributed by atoms with E-state index in [1.165, 1.54) is 0 Å². The third-order valence-electron chi connectivity index (χ3n) is 7.28. The Balaban J connectivity index is 1.44. The number of fused-ring (bicyclic) bond motifs is 3. The van der Waals surface area contributed by atoms with Gasteiger partial charge in [-0.25, -0.2) is 15.0 Å². The zero-order valence-corrected chi connectivity index (χ0v) is 23.5. The van der Waals surface area contributed by atoms with Crippen molar-refractivity contribution in [3.8, 4) is 56.4 Å². The van der Waals surface area contributed by atoms with Crippen molar-refractivity contribution in [3.63, 3.8) is 0 Å². The third-order valence-corrected chi connectivity index (χ3v) is 8.30. The van der Waals surface area contributed by atoms with E-state index in [0.29, 0.717) is 42.9 Å². The van der Waals surface area contributed by atoms with Crippen molar-refractivity contribution in [2.45, 2.75) is 0 Å². The zero-order chi connectivity index (χ0) is 33.8. The van der Waals surface area contributed by atoms with Gasteiger partial charge in [0.25, 0.3) is 0 Å². The molecule has 0 aliphatic rings. The van der Waals surface area contributed by atoms with E-state index in [1.807, 2.05) is 115 Å². The first-order valence-corrected chi connectivity index (χ1v) is 14.6. The number of hydrogen-bond donors (Lipinski definition) is 0. The Morgan fingerprint density at radius 3 is 1.70 bits per heavy atom. The summed E-state index contributed by atoms with van der Waals surface area (Å²) in [5.74, 6) is 0.816. The van der Waals surface area contributed by atoms with Crippen molar-refractivity contribution >= 4 is 31.5 Å². The summed E-state index contributed by atoms with van der Waals surface area (Å²) < 4.78 is 55.0. The van der Waals surface area contributed by atoms with Gasteiger partial charge in [-0.15, -0.1) is 11.3 Å². The molecule has 0 atom stereocenters. The molecule has 8 aromatic rings. The molecule has 0 fully saturated rings. The second kappa shape index (κ2) is 10.8. The summed E-state index contributed by atoms with van der Waals surface area (Å²) in [6.07, 6.45) is 0. The van der Waals surface area contributed by atoms with E-state index in [-0.39, 0.29) is 47.6 Å². The average molecular weight is 574 g/mol. The van der Waals surface area contributed by atoms with Crippen LogP contribution in [0, 0.1) is 0 Å². The normalized spacial score (nSPS) is 13.2. The SMILES string of the molecule is [2H]c1c([2H])c(-c2ccccc2)c2c(sc3c([2H])c(-c4nc(-c5ccccc5)nc(-c5ccccc5-c5ccccc5)n4)c([2H])c([2H])c32)c1[2H]. The Kier molecular flexibility index (Phi) is 4.91. The third kappa shape index (κ3) is 4.68. The van der Waals surface area contributed by atoms with Crippen LogP contribution in [-0.2, 0) is 0 Å². The number of hydrogen-bond acceptors (Lipinski definition) is 4. The number of thiophene rings is 1. The minimum atomic E-state index is -0.239. The van der Waals surface area contributed by atoms with Crippen LogP contribution in [-0.4, -0.2) is 15.0 Å². The molecule has 43 heavy (non-hydrogen) atoms. The van der Waals surface area contributed by atoms with Gasteiger partial charge < -0.3 is 0 Å². The summed E-state index contributed by atoms with van der Waals surface area (Å²) in [6.45, 7) is 0. The molecular weight excluding hydrogens is 543 g/mol. The molecule has 6 aromatic carbocycles. The van der Waals surface area contributed by atoms with Gasteiger partial charge in [0.05, 0.1) is 8.22 Å². The molecule has 2 aromatic heterocycles. The molecule has 0 bridgehead atoms. The van der Waals surface area contributed by atoms with Crippen LogP contribution in [0.3, 0.4) is 0 Å². The molecular formula is C39H25N3S. The smallest absolute Gasteiger partial charge is 0.164 e. The topological polar surface area (TPSA) is 38.7 Å². The van der Waals surface area contributed by atoms with Crippen LogP contribution >= 0.6 is 11.3 Å². The Morgan fingerprint density at radius 1 is 0.442 bits per heavy atom. The Labute approximate surface area is 262 Å². The molecule has 0 aliphatic heterocycles. The number of aromatic nitrogens is 3. The maximum atomic E-state index is 9.48. The molecule has 4 heteroatoms. The molecule has 8 rings (SSSR count). The highest BCUT2D eigenvalue weighted by atomic mass is 32.1. The number of benzene rings is 6. The fraction of sp³-hybridized carbons (Fsp3) is 0. The first-order valence-electron chi connectivity index (χ1n) is 16.8. The Hall–Kier alpha value is -5.45. The standard InChI is InChI=1S/C39H25N3S/c1-4-13-26(14-5-1)30-19-10-11-20-32(30)39-41-37(28-17-8-3-9-18-28)40-38(42-39)29-23-24-33-35(25-29)43-34-22-12-21-31(36(33)34)27-15-6-2-7-16-27/h1-25H/i12D,21D,22D,23D,24D,25D. The van der Waals surface area contributed by atoms with Gasteiger partial charge in [0, 0.05) is 36.9 Å². The van der Waals surface area contributed by atoms with Crippen molar-refractivity contribution in [2.24, 2.45) is 0 Å². The van der Waals surface area contributed by atoms with E-state index < -0.39 is 0 Å². The minimum Gasteiger partial charge on any atom is -0.208 e. The Bertz CT molecular complexity index is 2560. The van der Waals surface area contributed by atoms with Crippen LogP contribution in [0.15, 0.2) is 152 Å². The highest BCUT2D eigenvalue weighted by molar-refractivity contribution is 7.26. The van der Waals surface area contributed by atoms with E-state index in [9.17, 15) is 4.11 Å². The fourth-order valence-electron chi connectivity index (χ4n) is 5.25. The van der Waals surface area contributed by atoms with Crippen LogP contribution in [0.5, 0.6) is 0 Å². The lowest BCUT2D eigenvalue weighted by molar-refractivity contribution is 1.07. The number of nitrogens with zero attached hydrogens (tertiary/aromatic N) is 3. The molecule has 0 N–H and O–H groups in total. The van der Waals surface area contributed by atoms with Crippen molar-refractivity contribution < 1.29 is 8.22 Å². The molecule has 0 aliphatic carbocycles. The maximum absolute atomic E-state index is 9.48. The molecule has 3 nitrogen and oxygen atoms in total. The van der Waals surface area contributed by atoms with Crippen LogP contribution in [0.2, 0.25) is 0 Å². The van der Waals surface area contributed by atoms with E-state index in [0.717, 1.165) is 33.6 Å².